The maximum absolute atomic E-state index is 12.3. The molecule has 1 aromatic heterocycles. The zero-order valence-electron chi connectivity index (χ0n) is 12.8. The first kappa shape index (κ1) is 16.2. The number of carbonyl (C=O) groups is 1. The van der Waals surface area contributed by atoms with Crippen molar-refractivity contribution in [3.05, 3.63) is 46.8 Å². The highest BCUT2D eigenvalue weighted by Crippen LogP contribution is 2.25. The van der Waals surface area contributed by atoms with E-state index in [-0.39, 0.29) is 16.7 Å². The minimum Gasteiger partial charge on any atom is -0.325 e. The van der Waals surface area contributed by atoms with E-state index < -0.39 is 10.0 Å². The van der Waals surface area contributed by atoms with E-state index in [2.05, 4.69) is 5.32 Å². The van der Waals surface area contributed by atoms with Gasteiger partial charge in [-0.2, -0.15) is 4.31 Å². The van der Waals surface area contributed by atoms with Gasteiger partial charge in [-0.3, -0.25) is 4.79 Å². The zero-order chi connectivity index (χ0) is 16.4. The van der Waals surface area contributed by atoms with Crippen LogP contribution in [-0.4, -0.2) is 32.2 Å². The summed E-state index contributed by atoms with van der Waals surface area (Å²) in [5.74, 6) is -0.342. The molecule has 0 fully saturated rings. The lowest BCUT2D eigenvalue weighted by atomic mass is 10.1. The summed E-state index contributed by atoms with van der Waals surface area (Å²) in [5.41, 5.74) is 3.32. The second-order valence-corrected chi connectivity index (χ2v) is 8.80. The molecule has 1 aliphatic carbocycles. The fraction of sp³-hybridized carbons (Fsp3) is 0.312. The van der Waals surface area contributed by atoms with Crippen LogP contribution in [0.15, 0.2) is 39.9 Å². The molecule has 0 bridgehead atoms. The average Bonchev–Trinajstić information content (AvgIpc) is 3.18. The molecule has 0 spiro atoms. The van der Waals surface area contributed by atoms with Crippen molar-refractivity contribution in [1.82, 2.24) is 4.31 Å². The number of hydrogen-bond acceptors (Lipinski definition) is 4. The third-order valence-electron chi connectivity index (χ3n) is 3.91. The fourth-order valence-electron chi connectivity index (χ4n) is 2.70. The Balaban J connectivity index is 1.65. The van der Waals surface area contributed by atoms with Crippen LogP contribution >= 0.6 is 11.3 Å². The van der Waals surface area contributed by atoms with Gasteiger partial charge in [0.1, 0.15) is 4.21 Å². The van der Waals surface area contributed by atoms with Crippen molar-refractivity contribution in [3.8, 4) is 0 Å². The van der Waals surface area contributed by atoms with E-state index in [1.165, 1.54) is 24.2 Å². The Morgan fingerprint density at radius 3 is 2.78 bits per heavy atom. The van der Waals surface area contributed by atoms with Crippen molar-refractivity contribution in [2.75, 3.05) is 18.9 Å². The van der Waals surface area contributed by atoms with Crippen molar-refractivity contribution in [1.29, 1.82) is 0 Å². The zero-order valence-corrected chi connectivity index (χ0v) is 14.4. The highest BCUT2D eigenvalue weighted by molar-refractivity contribution is 7.91. The standard InChI is InChI=1S/C16H18N2O3S2/c1-18(23(20,21)16-6-3-9-22-16)11-15(19)17-14-8-7-12-4-2-5-13(12)10-14/h3,6-10H,2,4-5,11H2,1H3,(H,17,19). The Morgan fingerprint density at radius 2 is 2.04 bits per heavy atom. The van der Waals surface area contributed by atoms with E-state index in [1.807, 2.05) is 18.2 Å². The van der Waals surface area contributed by atoms with Crippen LogP contribution in [0.25, 0.3) is 0 Å². The number of carbonyl (C=O) groups excluding carboxylic acids is 1. The first-order valence-electron chi connectivity index (χ1n) is 7.38. The number of amides is 1. The van der Waals surface area contributed by atoms with Gasteiger partial charge in [0.05, 0.1) is 6.54 Å². The molecule has 3 rings (SSSR count). The lowest BCUT2D eigenvalue weighted by Gasteiger charge is -2.16. The van der Waals surface area contributed by atoms with E-state index in [1.54, 1.807) is 11.4 Å². The topological polar surface area (TPSA) is 66.5 Å². The second-order valence-electron chi connectivity index (χ2n) is 5.58. The van der Waals surface area contributed by atoms with Gasteiger partial charge in [-0.25, -0.2) is 8.42 Å². The molecule has 5 nitrogen and oxygen atoms in total. The van der Waals surface area contributed by atoms with Gasteiger partial charge < -0.3 is 5.32 Å². The lowest BCUT2D eigenvalue weighted by molar-refractivity contribution is -0.116. The summed E-state index contributed by atoms with van der Waals surface area (Å²) < 4.78 is 25.9. The predicted octanol–water partition coefficient (Wildman–Crippen LogP) is 2.50. The average molecular weight is 350 g/mol. The minimum absolute atomic E-state index is 0.211. The van der Waals surface area contributed by atoms with Gasteiger partial charge in [-0.15, -0.1) is 11.3 Å². The van der Waals surface area contributed by atoms with Crippen LogP contribution in [0.5, 0.6) is 0 Å². The highest BCUT2D eigenvalue weighted by Gasteiger charge is 2.24. The van der Waals surface area contributed by atoms with Crippen LogP contribution in [0.3, 0.4) is 0 Å². The number of thiophene rings is 1. The summed E-state index contributed by atoms with van der Waals surface area (Å²) in [6.45, 7) is -0.211. The highest BCUT2D eigenvalue weighted by atomic mass is 32.2. The monoisotopic (exact) mass is 350 g/mol. The maximum atomic E-state index is 12.3. The van der Waals surface area contributed by atoms with Crippen LogP contribution < -0.4 is 5.32 Å². The third kappa shape index (κ3) is 3.46. The molecule has 0 saturated heterocycles. The molecule has 0 saturated carbocycles. The summed E-state index contributed by atoms with van der Waals surface area (Å²) in [6.07, 6.45) is 3.27. The molecule has 1 heterocycles. The van der Waals surface area contributed by atoms with Gasteiger partial charge in [0.2, 0.25) is 5.91 Å². The number of rotatable bonds is 5. The molecule has 2 aromatic rings. The summed E-state index contributed by atoms with van der Waals surface area (Å²) >= 11 is 1.14. The largest absolute Gasteiger partial charge is 0.325 e. The SMILES string of the molecule is CN(CC(=O)Nc1ccc2c(c1)CCC2)S(=O)(=O)c1cccs1. The summed E-state index contributed by atoms with van der Waals surface area (Å²) in [6, 6.07) is 9.10. The molecule has 1 N–H and O–H groups in total. The molecule has 0 aliphatic heterocycles. The Labute approximate surface area is 140 Å². The second kappa shape index (κ2) is 6.43. The molecule has 1 aliphatic rings. The van der Waals surface area contributed by atoms with Crippen LogP contribution in [0.2, 0.25) is 0 Å². The molecule has 23 heavy (non-hydrogen) atoms. The first-order chi connectivity index (χ1) is 11.0. The van der Waals surface area contributed by atoms with Crippen LogP contribution in [-0.2, 0) is 27.7 Å². The van der Waals surface area contributed by atoms with Crippen molar-refractivity contribution in [2.45, 2.75) is 23.5 Å². The molecule has 0 atom stereocenters. The van der Waals surface area contributed by atoms with E-state index in [0.717, 1.165) is 40.6 Å². The Bertz CT molecular complexity index is 814. The third-order valence-corrected chi connectivity index (χ3v) is 7.08. The molecular formula is C16H18N2O3S2. The van der Waals surface area contributed by atoms with Crippen LogP contribution in [0, 0.1) is 0 Å². The van der Waals surface area contributed by atoms with Crippen molar-refractivity contribution < 1.29 is 13.2 Å². The normalized spacial score (nSPS) is 14.0. The number of benzene rings is 1. The van der Waals surface area contributed by atoms with Crippen LogP contribution in [0.4, 0.5) is 5.69 Å². The lowest BCUT2D eigenvalue weighted by Crippen LogP contribution is -2.34. The maximum Gasteiger partial charge on any atom is 0.252 e. The van der Waals surface area contributed by atoms with Gasteiger partial charge in [0.15, 0.2) is 0 Å². The van der Waals surface area contributed by atoms with Crippen molar-refractivity contribution in [3.63, 3.8) is 0 Å². The Hall–Kier alpha value is -1.70. The molecule has 122 valence electrons. The quantitative estimate of drug-likeness (QED) is 0.901. The minimum atomic E-state index is -3.60. The predicted molar refractivity (Wildman–Crippen MR) is 91.2 cm³/mol. The summed E-state index contributed by atoms with van der Waals surface area (Å²) in [5, 5.41) is 4.48. The number of nitrogens with one attached hydrogen (secondary N) is 1. The molecular weight excluding hydrogens is 332 g/mol. The van der Waals surface area contributed by atoms with E-state index >= 15 is 0 Å². The van der Waals surface area contributed by atoms with E-state index in [9.17, 15) is 13.2 Å². The first-order valence-corrected chi connectivity index (χ1v) is 9.70. The van der Waals surface area contributed by atoms with Gasteiger partial charge in [-0.05, 0) is 54.0 Å². The molecule has 1 aromatic carbocycles. The number of hydrogen-bond donors (Lipinski definition) is 1. The van der Waals surface area contributed by atoms with Crippen molar-refractivity contribution >= 4 is 33.0 Å². The number of anilines is 1. The summed E-state index contributed by atoms with van der Waals surface area (Å²) in [7, 11) is -2.19. The number of fused-ring (bicyclic) bond motifs is 1. The van der Waals surface area contributed by atoms with Crippen molar-refractivity contribution in [2.24, 2.45) is 0 Å². The van der Waals surface area contributed by atoms with Gasteiger partial charge in [0.25, 0.3) is 10.0 Å². The van der Waals surface area contributed by atoms with Crippen LogP contribution in [0.1, 0.15) is 17.5 Å². The molecule has 0 radical (unpaired) electrons. The molecule has 1 amide bonds. The van der Waals surface area contributed by atoms with Gasteiger partial charge in [-0.1, -0.05) is 12.1 Å². The number of nitrogens with zero attached hydrogens (tertiary/aromatic N) is 1. The number of aryl methyl sites for hydroxylation is 2. The molecule has 7 heteroatoms. The van der Waals surface area contributed by atoms with E-state index in [4.69, 9.17) is 0 Å². The van der Waals surface area contributed by atoms with Gasteiger partial charge >= 0.3 is 0 Å². The Kier molecular flexibility index (Phi) is 4.52. The van der Waals surface area contributed by atoms with E-state index in [0.29, 0.717) is 0 Å². The number of likely N-dealkylation sites (N-methyl/N-ethyl adjacent to an activating group) is 1. The molecule has 0 unspecified atom stereocenters. The number of sulfonamides is 1. The summed E-state index contributed by atoms with van der Waals surface area (Å²) in [4.78, 5) is 12.1. The fourth-order valence-corrected chi connectivity index (χ4v) is 5.03. The Morgan fingerprint density at radius 1 is 1.26 bits per heavy atom. The van der Waals surface area contributed by atoms with Gasteiger partial charge in [0, 0.05) is 12.7 Å². The smallest absolute Gasteiger partial charge is 0.252 e.